The number of likely N-dealkylation sites (tertiary alicyclic amines) is 1. The van der Waals surface area contributed by atoms with Crippen LogP contribution in [0, 0.1) is 5.92 Å². The first kappa shape index (κ1) is 19.6. The third-order valence-electron chi connectivity index (χ3n) is 4.34. The van der Waals surface area contributed by atoms with Crippen LogP contribution in [0.15, 0.2) is 55.4 Å². The number of carboxylic acids is 1. The number of nitrogens with one attached hydrogen (secondary N) is 1. The van der Waals surface area contributed by atoms with Gasteiger partial charge in [-0.3, -0.25) is 4.98 Å². The van der Waals surface area contributed by atoms with Crippen molar-refractivity contribution in [3.63, 3.8) is 0 Å². The summed E-state index contributed by atoms with van der Waals surface area (Å²) in [6.07, 6.45) is 11.6. The first-order valence-electron chi connectivity index (χ1n) is 8.67. The Balaban J connectivity index is 2.02. The van der Waals surface area contributed by atoms with Gasteiger partial charge in [0.25, 0.3) is 0 Å². The van der Waals surface area contributed by atoms with Gasteiger partial charge in [0.15, 0.2) is 0 Å². The molecule has 1 aromatic rings. The first-order chi connectivity index (χ1) is 12.5. The number of rotatable bonds is 8. The van der Waals surface area contributed by atoms with Crippen molar-refractivity contribution < 1.29 is 9.90 Å². The van der Waals surface area contributed by atoms with Crippen molar-refractivity contribution in [2.24, 2.45) is 5.92 Å². The van der Waals surface area contributed by atoms with Crippen molar-refractivity contribution in [2.45, 2.75) is 12.8 Å². The Hall–Kier alpha value is -2.73. The van der Waals surface area contributed by atoms with Crippen molar-refractivity contribution in [1.29, 1.82) is 0 Å². The number of allylic oxidation sites excluding steroid dienone is 5. The number of hydrogen-bond donors (Lipinski definition) is 2. The summed E-state index contributed by atoms with van der Waals surface area (Å²) < 4.78 is 0. The molecule has 0 bridgehead atoms. The largest absolute Gasteiger partial charge is 0.478 e. The molecule has 1 aliphatic rings. The second-order valence-corrected chi connectivity index (χ2v) is 6.47. The molecule has 0 spiro atoms. The van der Waals surface area contributed by atoms with E-state index in [0.29, 0.717) is 17.2 Å². The molecule has 1 aromatic heterocycles. The summed E-state index contributed by atoms with van der Waals surface area (Å²) in [5, 5.41) is 12.1. The van der Waals surface area contributed by atoms with Crippen LogP contribution < -0.4 is 5.32 Å². The second kappa shape index (κ2) is 9.68. The molecule has 1 aliphatic heterocycles. The van der Waals surface area contributed by atoms with Crippen LogP contribution in [0.5, 0.6) is 0 Å². The van der Waals surface area contributed by atoms with Crippen LogP contribution in [0.2, 0.25) is 0 Å². The SMILES string of the molecule is C=C/C(=C\C(=C)/C=C/C(=O)O)c1cncc(NCC2CCN(C)CC2)n1. The Kier molecular flexibility index (Phi) is 7.29. The van der Waals surface area contributed by atoms with Crippen LogP contribution >= 0.6 is 0 Å². The normalized spacial score (nSPS) is 16.6. The fraction of sp³-hybridized carbons (Fsp3) is 0.350. The highest BCUT2D eigenvalue weighted by Crippen LogP contribution is 2.19. The van der Waals surface area contributed by atoms with Crippen LogP contribution in [0.1, 0.15) is 18.5 Å². The zero-order valence-corrected chi connectivity index (χ0v) is 15.2. The molecular formula is C20H26N4O2. The lowest BCUT2D eigenvalue weighted by molar-refractivity contribution is -0.131. The Morgan fingerprint density at radius 1 is 1.38 bits per heavy atom. The smallest absolute Gasteiger partial charge is 0.328 e. The van der Waals surface area contributed by atoms with Crippen LogP contribution in [0.4, 0.5) is 5.82 Å². The van der Waals surface area contributed by atoms with Gasteiger partial charge >= 0.3 is 5.97 Å². The van der Waals surface area contributed by atoms with E-state index in [1.54, 1.807) is 24.5 Å². The van der Waals surface area contributed by atoms with Crippen molar-refractivity contribution in [3.05, 3.63) is 61.1 Å². The standard InChI is InChI=1S/C20H26N4O2/c1-4-17(11-15(2)5-6-20(25)26)18-13-21-14-19(23-18)22-12-16-7-9-24(3)10-8-16/h4-6,11,13-14,16H,1-2,7-10,12H2,3H3,(H,22,23)(H,25,26)/b6-5+,17-11+. The lowest BCUT2D eigenvalue weighted by Gasteiger charge is -2.29. The molecule has 2 N–H and O–H groups in total. The van der Waals surface area contributed by atoms with E-state index in [1.807, 2.05) is 0 Å². The van der Waals surface area contributed by atoms with Crippen LogP contribution in [0.25, 0.3) is 5.57 Å². The van der Waals surface area contributed by atoms with Gasteiger partial charge in [-0.2, -0.15) is 0 Å². The maximum absolute atomic E-state index is 10.6. The van der Waals surface area contributed by atoms with E-state index >= 15 is 0 Å². The highest BCUT2D eigenvalue weighted by atomic mass is 16.4. The summed E-state index contributed by atoms with van der Waals surface area (Å²) in [6, 6.07) is 0. The number of carboxylic acid groups (broad SMARTS) is 1. The average molecular weight is 354 g/mol. The molecule has 0 aliphatic carbocycles. The molecule has 0 unspecified atom stereocenters. The quantitative estimate of drug-likeness (QED) is 0.552. The number of nitrogens with zero attached hydrogens (tertiary/aromatic N) is 3. The molecule has 0 amide bonds. The molecule has 6 heteroatoms. The van der Waals surface area contributed by atoms with Crippen molar-refractivity contribution in [1.82, 2.24) is 14.9 Å². The van der Waals surface area contributed by atoms with E-state index in [9.17, 15) is 4.79 Å². The molecule has 26 heavy (non-hydrogen) atoms. The van der Waals surface area contributed by atoms with Crippen LogP contribution in [-0.4, -0.2) is 52.6 Å². The van der Waals surface area contributed by atoms with E-state index in [2.05, 4.69) is 40.4 Å². The van der Waals surface area contributed by atoms with Crippen molar-refractivity contribution in [2.75, 3.05) is 32.0 Å². The summed E-state index contributed by atoms with van der Waals surface area (Å²) in [5.74, 6) is 0.354. The summed E-state index contributed by atoms with van der Waals surface area (Å²) in [5.41, 5.74) is 1.95. The zero-order valence-electron chi connectivity index (χ0n) is 15.2. The molecule has 2 rings (SSSR count). The molecular weight excluding hydrogens is 328 g/mol. The number of hydrogen-bond acceptors (Lipinski definition) is 5. The summed E-state index contributed by atoms with van der Waals surface area (Å²) in [4.78, 5) is 21.8. The number of carbonyl (C=O) groups is 1. The summed E-state index contributed by atoms with van der Waals surface area (Å²) in [7, 11) is 2.15. The van der Waals surface area contributed by atoms with E-state index in [-0.39, 0.29) is 0 Å². The number of piperidine rings is 1. The Bertz CT molecular complexity index is 716. The van der Waals surface area contributed by atoms with Gasteiger partial charge in [-0.1, -0.05) is 19.2 Å². The van der Waals surface area contributed by atoms with Crippen LogP contribution in [0.3, 0.4) is 0 Å². The molecule has 1 saturated heterocycles. The van der Waals surface area contributed by atoms with Gasteiger partial charge in [0.2, 0.25) is 0 Å². The van der Waals surface area contributed by atoms with E-state index in [4.69, 9.17) is 5.11 Å². The van der Waals surface area contributed by atoms with Crippen LogP contribution in [-0.2, 0) is 4.79 Å². The lowest BCUT2D eigenvalue weighted by atomic mass is 9.97. The molecule has 1 fully saturated rings. The molecule has 0 saturated carbocycles. The molecule has 0 atom stereocenters. The maximum Gasteiger partial charge on any atom is 0.328 e. The second-order valence-electron chi connectivity index (χ2n) is 6.47. The first-order valence-corrected chi connectivity index (χ1v) is 8.67. The highest BCUT2D eigenvalue weighted by molar-refractivity contribution is 5.81. The van der Waals surface area contributed by atoms with E-state index in [0.717, 1.165) is 37.1 Å². The summed E-state index contributed by atoms with van der Waals surface area (Å²) in [6.45, 7) is 10.8. The molecule has 0 aromatic carbocycles. The Labute approximate surface area is 154 Å². The molecule has 2 heterocycles. The van der Waals surface area contributed by atoms with Gasteiger partial charge in [-0.25, -0.2) is 9.78 Å². The maximum atomic E-state index is 10.6. The highest BCUT2D eigenvalue weighted by Gasteiger charge is 2.16. The van der Waals surface area contributed by atoms with Crippen molar-refractivity contribution in [3.8, 4) is 0 Å². The van der Waals surface area contributed by atoms with Crippen molar-refractivity contribution >= 4 is 17.4 Å². The predicted octanol–water partition coefficient (Wildman–Crippen LogP) is 3.00. The number of aromatic nitrogens is 2. The summed E-state index contributed by atoms with van der Waals surface area (Å²) >= 11 is 0. The van der Waals surface area contributed by atoms with Gasteiger partial charge in [-0.15, -0.1) is 0 Å². The lowest BCUT2D eigenvalue weighted by Crippen LogP contribution is -2.33. The van der Waals surface area contributed by atoms with Gasteiger partial charge < -0.3 is 15.3 Å². The minimum absolute atomic E-state index is 0.550. The minimum atomic E-state index is -1.01. The number of anilines is 1. The average Bonchev–Trinajstić information content (AvgIpc) is 2.64. The minimum Gasteiger partial charge on any atom is -0.478 e. The van der Waals surface area contributed by atoms with Gasteiger partial charge in [-0.05, 0) is 56.6 Å². The molecule has 0 radical (unpaired) electrons. The molecule has 6 nitrogen and oxygen atoms in total. The Morgan fingerprint density at radius 2 is 2.12 bits per heavy atom. The number of aliphatic carboxylic acids is 1. The Morgan fingerprint density at radius 3 is 2.77 bits per heavy atom. The fourth-order valence-corrected chi connectivity index (χ4v) is 2.77. The predicted molar refractivity (Wildman–Crippen MR) is 105 cm³/mol. The van der Waals surface area contributed by atoms with Gasteiger partial charge in [0.1, 0.15) is 5.82 Å². The van der Waals surface area contributed by atoms with Gasteiger partial charge in [0, 0.05) is 18.2 Å². The van der Waals surface area contributed by atoms with Gasteiger partial charge in [0.05, 0.1) is 18.1 Å². The van der Waals surface area contributed by atoms with E-state index < -0.39 is 5.97 Å². The third kappa shape index (κ3) is 6.29. The zero-order chi connectivity index (χ0) is 18.9. The topological polar surface area (TPSA) is 78.3 Å². The third-order valence-corrected chi connectivity index (χ3v) is 4.34. The fourth-order valence-electron chi connectivity index (χ4n) is 2.77. The molecule has 138 valence electrons. The van der Waals surface area contributed by atoms with E-state index in [1.165, 1.54) is 18.9 Å². The monoisotopic (exact) mass is 354 g/mol.